The molecule has 0 aliphatic heterocycles. The fourth-order valence-electron chi connectivity index (χ4n) is 2.77. The smallest absolute Gasteiger partial charge is 0.0346 e. The Balaban J connectivity index is 2.89. The van der Waals surface area contributed by atoms with Gasteiger partial charge in [-0.2, -0.15) is 0 Å². The van der Waals surface area contributed by atoms with Crippen LogP contribution in [-0.4, -0.2) is 29.6 Å². The molecular weight excluding hydrogens is 220 g/mol. The Morgan fingerprint density at radius 3 is 2.28 bits per heavy atom. The Hall–Kier alpha value is -0.860. The Morgan fingerprint density at radius 1 is 1.22 bits per heavy atom. The second-order valence-corrected chi connectivity index (χ2v) is 5.41. The van der Waals surface area contributed by atoms with E-state index in [1.165, 1.54) is 5.56 Å². The van der Waals surface area contributed by atoms with Crippen molar-refractivity contribution in [2.45, 2.75) is 52.1 Å². The normalized spacial score (nSPS) is 16.6. The van der Waals surface area contributed by atoms with Gasteiger partial charge in [-0.1, -0.05) is 44.2 Å². The van der Waals surface area contributed by atoms with E-state index in [2.05, 4.69) is 62.9 Å². The third kappa shape index (κ3) is 3.56. The van der Waals surface area contributed by atoms with E-state index in [1.54, 1.807) is 0 Å². The van der Waals surface area contributed by atoms with Gasteiger partial charge in [-0.15, -0.1) is 0 Å². The molecule has 0 saturated carbocycles. The van der Waals surface area contributed by atoms with E-state index in [-0.39, 0.29) is 5.54 Å². The summed E-state index contributed by atoms with van der Waals surface area (Å²) < 4.78 is 0. The summed E-state index contributed by atoms with van der Waals surface area (Å²) in [6.45, 7) is 10.8. The standard InChI is InChI=1S/C16H28N2/c1-5-14(3)18(6-2)16(4,13-17)12-15-10-8-7-9-11-15/h7-11,14H,5-6,12-13,17H2,1-4H3. The second kappa shape index (κ2) is 6.91. The van der Waals surface area contributed by atoms with Gasteiger partial charge in [0.05, 0.1) is 0 Å². The van der Waals surface area contributed by atoms with Gasteiger partial charge in [-0.3, -0.25) is 4.90 Å². The molecule has 2 heteroatoms. The highest BCUT2D eigenvalue weighted by molar-refractivity contribution is 5.18. The summed E-state index contributed by atoms with van der Waals surface area (Å²) in [5.41, 5.74) is 7.50. The minimum atomic E-state index is 0.0472. The van der Waals surface area contributed by atoms with Crippen molar-refractivity contribution in [3.8, 4) is 0 Å². The Kier molecular flexibility index (Phi) is 5.83. The summed E-state index contributed by atoms with van der Waals surface area (Å²) in [5, 5.41) is 0. The fourth-order valence-corrected chi connectivity index (χ4v) is 2.77. The zero-order valence-corrected chi connectivity index (χ0v) is 12.3. The lowest BCUT2D eigenvalue weighted by Crippen LogP contribution is -2.56. The zero-order chi connectivity index (χ0) is 13.6. The number of rotatable bonds is 7. The van der Waals surface area contributed by atoms with Crippen molar-refractivity contribution in [2.75, 3.05) is 13.1 Å². The Morgan fingerprint density at radius 2 is 1.83 bits per heavy atom. The summed E-state index contributed by atoms with van der Waals surface area (Å²) in [7, 11) is 0. The number of nitrogens with zero attached hydrogens (tertiary/aromatic N) is 1. The Bertz CT molecular complexity index is 336. The van der Waals surface area contributed by atoms with Gasteiger partial charge in [0, 0.05) is 18.1 Å². The monoisotopic (exact) mass is 248 g/mol. The number of benzene rings is 1. The number of likely N-dealkylation sites (N-methyl/N-ethyl adjacent to an activating group) is 1. The molecule has 2 nitrogen and oxygen atoms in total. The predicted octanol–water partition coefficient (Wildman–Crippen LogP) is 3.07. The summed E-state index contributed by atoms with van der Waals surface area (Å²) in [6.07, 6.45) is 2.18. The van der Waals surface area contributed by atoms with Crippen molar-refractivity contribution < 1.29 is 0 Å². The van der Waals surface area contributed by atoms with Crippen molar-refractivity contribution in [1.82, 2.24) is 4.90 Å². The molecule has 0 aliphatic carbocycles. The molecule has 2 N–H and O–H groups in total. The molecule has 1 aromatic carbocycles. The van der Waals surface area contributed by atoms with Gasteiger partial charge in [0.15, 0.2) is 0 Å². The van der Waals surface area contributed by atoms with Gasteiger partial charge in [-0.25, -0.2) is 0 Å². The van der Waals surface area contributed by atoms with Crippen LogP contribution >= 0.6 is 0 Å². The number of hydrogen-bond acceptors (Lipinski definition) is 2. The number of nitrogens with two attached hydrogens (primary N) is 1. The quantitative estimate of drug-likeness (QED) is 0.803. The maximum Gasteiger partial charge on any atom is 0.0346 e. The average Bonchev–Trinajstić information content (AvgIpc) is 2.40. The van der Waals surface area contributed by atoms with E-state index in [1.807, 2.05) is 0 Å². The van der Waals surface area contributed by atoms with Crippen molar-refractivity contribution in [3.63, 3.8) is 0 Å². The van der Waals surface area contributed by atoms with Crippen LogP contribution in [0.3, 0.4) is 0 Å². The molecule has 0 bridgehead atoms. The third-order valence-electron chi connectivity index (χ3n) is 4.02. The summed E-state index contributed by atoms with van der Waals surface area (Å²) in [5.74, 6) is 0. The van der Waals surface area contributed by atoms with Gasteiger partial charge in [0.2, 0.25) is 0 Å². The van der Waals surface area contributed by atoms with Crippen molar-refractivity contribution >= 4 is 0 Å². The molecule has 1 rings (SSSR count). The van der Waals surface area contributed by atoms with E-state index in [4.69, 9.17) is 5.73 Å². The molecule has 2 atom stereocenters. The predicted molar refractivity (Wildman–Crippen MR) is 79.7 cm³/mol. The van der Waals surface area contributed by atoms with E-state index < -0.39 is 0 Å². The van der Waals surface area contributed by atoms with Crippen molar-refractivity contribution in [3.05, 3.63) is 35.9 Å². The zero-order valence-electron chi connectivity index (χ0n) is 12.3. The molecule has 0 aliphatic rings. The lowest BCUT2D eigenvalue weighted by Gasteiger charge is -2.44. The first-order chi connectivity index (χ1) is 8.57. The molecule has 18 heavy (non-hydrogen) atoms. The van der Waals surface area contributed by atoms with E-state index >= 15 is 0 Å². The largest absolute Gasteiger partial charge is 0.329 e. The molecule has 0 heterocycles. The van der Waals surface area contributed by atoms with Crippen LogP contribution < -0.4 is 5.73 Å². The first-order valence-corrected chi connectivity index (χ1v) is 7.08. The number of hydrogen-bond donors (Lipinski definition) is 1. The minimum absolute atomic E-state index is 0.0472. The van der Waals surface area contributed by atoms with Gasteiger partial charge in [0.25, 0.3) is 0 Å². The molecule has 102 valence electrons. The van der Waals surface area contributed by atoms with Gasteiger partial charge in [-0.05, 0) is 38.8 Å². The van der Waals surface area contributed by atoms with Gasteiger partial charge in [0.1, 0.15) is 0 Å². The lowest BCUT2D eigenvalue weighted by atomic mass is 9.89. The van der Waals surface area contributed by atoms with Crippen molar-refractivity contribution in [2.24, 2.45) is 5.73 Å². The van der Waals surface area contributed by atoms with Crippen LogP contribution in [0, 0.1) is 0 Å². The van der Waals surface area contributed by atoms with E-state index in [0.29, 0.717) is 12.6 Å². The average molecular weight is 248 g/mol. The third-order valence-corrected chi connectivity index (χ3v) is 4.02. The SMILES string of the molecule is CCC(C)N(CC)C(C)(CN)Cc1ccccc1. The van der Waals surface area contributed by atoms with Crippen LogP contribution in [0.25, 0.3) is 0 Å². The van der Waals surface area contributed by atoms with E-state index in [9.17, 15) is 0 Å². The van der Waals surface area contributed by atoms with Crippen LogP contribution in [-0.2, 0) is 6.42 Å². The van der Waals surface area contributed by atoms with Crippen molar-refractivity contribution in [1.29, 1.82) is 0 Å². The van der Waals surface area contributed by atoms with Crippen LogP contribution in [0.5, 0.6) is 0 Å². The topological polar surface area (TPSA) is 29.3 Å². The van der Waals surface area contributed by atoms with Crippen LogP contribution in [0.2, 0.25) is 0 Å². The lowest BCUT2D eigenvalue weighted by molar-refractivity contribution is 0.0723. The maximum atomic E-state index is 6.08. The molecule has 1 aromatic rings. The second-order valence-electron chi connectivity index (χ2n) is 5.41. The van der Waals surface area contributed by atoms with Crippen LogP contribution in [0.4, 0.5) is 0 Å². The molecule has 2 unspecified atom stereocenters. The molecule has 0 spiro atoms. The summed E-state index contributed by atoms with van der Waals surface area (Å²) in [6, 6.07) is 11.2. The fraction of sp³-hybridized carbons (Fsp3) is 0.625. The molecular formula is C16H28N2. The first kappa shape index (κ1) is 15.2. The molecule has 0 saturated heterocycles. The highest BCUT2D eigenvalue weighted by Gasteiger charge is 2.32. The Labute approximate surface area is 112 Å². The molecule has 0 aromatic heterocycles. The van der Waals surface area contributed by atoms with Crippen LogP contribution in [0.1, 0.15) is 39.7 Å². The summed E-state index contributed by atoms with van der Waals surface area (Å²) in [4.78, 5) is 2.54. The minimum Gasteiger partial charge on any atom is -0.329 e. The summed E-state index contributed by atoms with van der Waals surface area (Å²) >= 11 is 0. The molecule has 0 radical (unpaired) electrons. The molecule has 0 fully saturated rings. The highest BCUT2D eigenvalue weighted by atomic mass is 15.2. The molecule has 0 amide bonds. The van der Waals surface area contributed by atoms with Gasteiger partial charge < -0.3 is 5.73 Å². The first-order valence-electron chi connectivity index (χ1n) is 7.08. The van der Waals surface area contributed by atoms with Crippen LogP contribution in [0.15, 0.2) is 30.3 Å². The van der Waals surface area contributed by atoms with E-state index in [0.717, 1.165) is 19.4 Å². The maximum absolute atomic E-state index is 6.08. The van der Waals surface area contributed by atoms with Gasteiger partial charge >= 0.3 is 0 Å². The highest BCUT2D eigenvalue weighted by Crippen LogP contribution is 2.23.